The van der Waals surface area contributed by atoms with Gasteiger partial charge in [0.1, 0.15) is 5.82 Å². The maximum Gasteiger partial charge on any atom is 0.315 e. The summed E-state index contributed by atoms with van der Waals surface area (Å²) in [4.78, 5) is 28.0. The monoisotopic (exact) mass is 327 g/mol. The number of nitrogens with zero attached hydrogens (tertiary/aromatic N) is 2. The van der Waals surface area contributed by atoms with Gasteiger partial charge in [0.25, 0.3) is 0 Å². The van der Waals surface area contributed by atoms with Crippen LogP contribution in [0, 0.1) is 0 Å². The topological polar surface area (TPSA) is 88.1 Å². The first kappa shape index (κ1) is 16.0. The lowest BCUT2D eigenvalue weighted by Crippen LogP contribution is -2.39. The van der Waals surface area contributed by atoms with E-state index in [1.54, 1.807) is 12.1 Å². The third-order valence-corrected chi connectivity index (χ3v) is 3.86. The van der Waals surface area contributed by atoms with Crippen molar-refractivity contribution in [2.45, 2.75) is 32.4 Å². The van der Waals surface area contributed by atoms with Crippen LogP contribution in [0.5, 0.6) is 0 Å². The molecule has 1 aliphatic heterocycles. The molecule has 0 atom stereocenters. The highest BCUT2D eigenvalue weighted by atomic mass is 16.2. The first-order chi connectivity index (χ1) is 11.7. The minimum Gasteiger partial charge on any atom is -0.335 e. The van der Waals surface area contributed by atoms with E-state index in [2.05, 4.69) is 25.5 Å². The number of amides is 3. The van der Waals surface area contributed by atoms with Gasteiger partial charge in [-0.25, -0.2) is 9.78 Å². The van der Waals surface area contributed by atoms with Crippen LogP contribution >= 0.6 is 0 Å². The Bertz CT molecular complexity index is 688. The highest BCUT2D eigenvalue weighted by Crippen LogP contribution is 2.14. The second-order valence-corrected chi connectivity index (χ2v) is 5.75. The lowest BCUT2D eigenvalue weighted by atomic mass is 10.2. The van der Waals surface area contributed by atoms with E-state index in [0.717, 1.165) is 24.5 Å². The summed E-state index contributed by atoms with van der Waals surface area (Å²) in [7, 11) is 0. The predicted molar refractivity (Wildman–Crippen MR) is 90.5 cm³/mol. The average Bonchev–Trinajstić information content (AvgIpc) is 3.02. The molecule has 0 saturated heterocycles. The zero-order valence-electron chi connectivity index (χ0n) is 13.4. The van der Waals surface area contributed by atoms with Crippen LogP contribution in [0.25, 0.3) is 0 Å². The van der Waals surface area contributed by atoms with Gasteiger partial charge in [0.15, 0.2) is 0 Å². The van der Waals surface area contributed by atoms with Crippen molar-refractivity contribution in [3.63, 3.8) is 0 Å². The van der Waals surface area contributed by atoms with Gasteiger partial charge in [0, 0.05) is 24.8 Å². The molecule has 0 radical (unpaired) electrons. The highest BCUT2D eigenvalue weighted by molar-refractivity contribution is 5.94. The molecule has 1 aromatic carbocycles. The van der Waals surface area contributed by atoms with Crippen LogP contribution < -0.4 is 16.0 Å². The number of para-hydroxylation sites is 1. The minimum absolute atomic E-state index is 0.0829. The maximum absolute atomic E-state index is 11.8. The van der Waals surface area contributed by atoms with Crippen molar-refractivity contribution in [1.29, 1.82) is 0 Å². The summed E-state index contributed by atoms with van der Waals surface area (Å²) in [6.45, 7) is 1.26. The van der Waals surface area contributed by atoms with Gasteiger partial charge in [-0.1, -0.05) is 18.2 Å². The fourth-order valence-electron chi connectivity index (χ4n) is 2.68. The molecule has 1 aromatic heterocycles. The fourth-order valence-corrected chi connectivity index (χ4v) is 2.68. The molecule has 1 aliphatic rings. The van der Waals surface area contributed by atoms with Crippen molar-refractivity contribution in [2.24, 2.45) is 0 Å². The minimum atomic E-state index is -0.385. The molecule has 0 fully saturated rings. The number of carbonyl (C=O) groups is 2. The molecule has 3 rings (SSSR count). The number of aromatic nitrogens is 2. The van der Waals surface area contributed by atoms with Crippen LogP contribution in [-0.2, 0) is 24.3 Å². The number of carbonyl (C=O) groups excluding carboxylic acids is 2. The second kappa shape index (κ2) is 7.63. The van der Waals surface area contributed by atoms with Crippen LogP contribution in [0.2, 0.25) is 0 Å². The second-order valence-electron chi connectivity index (χ2n) is 5.75. The summed E-state index contributed by atoms with van der Waals surface area (Å²) in [5.41, 5.74) is 1.55. The number of hydrogen-bond acceptors (Lipinski definition) is 3. The lowest BCUT2D eigenvalue weighted by molar-refractivity contribution is -0.115. The van der Waals surface area contributed by atoms with E-state index < -0.39 is 0 Å². The first-order valence-corrected chi connectivity index (χ1v) is 8.12. The van der Waals surface area contributed by atoms with Crippen LogP contribution in [0.4, 0.5) is 10.5 Å². The van der Waals surface area contributed by atoms with Crippen LogP contribution in [0.15, 0.2) is 36.5 Å². The molecule has 0 spiro atoms. The quantitative estimate of drug-likeness (QED) is 0.780. The maximum atomic E-state index is 11.8. The molecule has 7 heteroatoms. The average molecular weight is 327 g/mol. The Morgan fingerprint density at radius 3 is 2.75 bits per heavy atom. The van der Waals surface area contributed by atoms with Gasteiger partial charge in [-0.15, -0.1) is 0 Å². The highest BCUT2D eigenvalue weighted by Gasteiger charge is 2.12. The lowest BCUT2D eigenvalue weighted by Gasteiger charge is -2.11. The number of aryl methyl sites for hydroxylation is 2. The van der Waals surface area contributed by atoms with Crippen LogP contribution in [0.1, 0.15) is 24.4 Å². The van der Waals surface area contributed by atoms with E-state index in [1.807, 2.05) is 24.4 Å². The van der Waals surface area contributed by atoms with Gasteiger partial charge in [-0.2, -0.15) is 0 Å². The number of rotatable bonds is 5. The molecule has 0 bridgehead atoms. The molecule has 7 nitrogen and oxygen atoms in total. The smallest absolute Gasteiger partial charge is 0.315 e. The molecule has 126 valence electrons. The number of fused-ring (bicyclic) bond motifs is 1. The van der Waals surface area contributed by atoms with E-state index in [9.17, 15) is 9.59 Å². The number of urea groups is 1. The van der Waals surface area contributed by atoms with Crippen molar-refractivity contribution in [1.82, 2.24) is 20.2 Å². The van der Waals surface area contributed by atoms with E-state index >= 15 is 0 Å². The molecule has 2 aromatic rings. The standard InChI is InChI=1S/C17H21N5O2/c23-16(21-13-6-2-1-3-7-13)11-19-17(24)18-10-14-12-22-9-5-4-8-15(22)20-14/h1-3,6-7,12H,4-5,8-11H2,(H,21,23)(H2,18,19,24). The summed E-state index contributed by atoms with van der Waals surface area (Å²) >= 11 is 0. The predicted octanol–water partition coefficient (Wildman–Crippen LogP) is 1.66. The zero-order valence-corrected chi connectivity index (χ0v) is 13.4. The normalized spacial score (nSPS) is 13.0. The largest absolute Gasteiger partial charge is 0.335 e. The third-order valence-electron chi connectivity index (χ3n) is 3.86. The van der Waals surface area contributed by atoms with Gasteiger partial charge in [0.05, 0.1) is 18.8 Å². The Balaban J connectivity index is 1.39. The molecule has 3 amide bonds. The van der Waals surface area contributed by atoms with Crippen molar-refractivity contribution in [3.05, 3.63) is 48.0 Å². The Labute approximate surface area is 140 Å². The Kier molecular flexibility index (Phi) is 5.10. The van der Waals surface area contributed by atoms with Gasteiger partial charge >= 0.3 is 6.03 Å². The molecular weight excluding hydrogens is 306 g/mol. The third kappa shape index (κ3) is 4.34. The zero-order chi connectivity index (χ0) is 16.8. The number of hydrogen-bond donors (Lipinski definition) is 3. The fraction of sp³-hybridized carbons (Fsp3) is 0.353. The molecule has 3 N–H and O–H groups in total. The van der Waals surface area contributed by atoms with Gasteiger partial charge < -0.3 is 20.5 Å². The van der Waals surface area contributed by atoms with Gasteiger partial charge in [0.2, 0.25) is 5.91 Å². The van der Waals surface area contributed by atoms with Gasteiger partial charge in [-0.3, -0.25) is 4.79 Å². The molecular formula is C17H21N5O2. The Hall–Kier alpha value is -2.83. The van der Waals surface area contributed by atoms with E-state index in [4.69, 9.17) is 0 Å². The molecule has 24 heavy (non-hydrogen) atoms. The number of benzene rings is 1. The SMILES string of the molecule is O=C(CNC(=O)NCc1cn2c(n1)CCCC2)Nc1ccccc1. The van der Waals surface area contributed by atoms with Crippen molar-refractivity contribution >= 4 is 17.6 Å². The number of imidazole rings is 1. The van der Waals surface area contributed by atoms with Crippen molar-refractivity contribution in [3.8, 4) is 0 Å². The summed E-state index contributed by atoms with van der Waals surface area (Å²) in [6.07, 6.45) is 5.32. The number of anilines is 1. The van der Waals surface area contributed by atoms with Crippen molar-refractivity contribution < 1.29 is 9.59 Å². The summed E-state index contributed by atoms with van der Waals surface area (Å²) in [6, 6.07) is 8.73. The van der Waals surface area contributed by atoms with E-state index in [0.29, 0.717) is 12.2 Å². The summed E-state index contributed by atoms with van der Waals surface area (Å²) in [5.74, 6) is 0.814. The molecule has 0 saturated carbocycles. The Morgan fingerprint density at radius 2 is 1.96 bits per heavy atom. The van der Waals surface area contributed by atoms with Crippen LogP contribution in [-0.4, -0.2) is 28.0 Å². The number of nitrogens with one attached hydrogen (secondary N) is 3. The molecule has 2 heterocycles. The Morgan fingerprint density at radius 1 is 1.12 bits per heavy atom. The summed E-state index contributed by atoms with van der Waals surface area (Å²) < 4.78 is 2.14. The van der Waals surface area contributed by atoms with Crippen LogP contribution in [0.3, 0.4) is 0 Å². The molecule has 0 aliphatic carbocycles. The first-order valence-electron chi connectivity index (χ1n) is 8.12. The van der Waals surface area contributed by atoms with E-state index in [1.165, 1.54) is 12.8 Å². The molecule has 0 unspecified atom stereocenters. The van der Waals surface area contributed by atoms with Gasteiger partial charge in [-0.05, 0) is 25.0 Å². The van der Waals surface area contributed by atoms with E-state index in [-0.39, 0.29) is 18.5 Å². The van der Waals surface area contributed by atoms with Crippen molar-refractivity contribution in [2.75, 3.05) is 11.9 Å². The summed E-state index contributed by atoms with van der Waals surface area (Å²) in [5, 5.41) is 7.97.